The van der Waals surface area contributed by atoms with Crippen LogP contribution in [0.25, 0.3) is 6.08 Å². The molecule has 0 bridgehead atoms. The SMILES string of the molecule is COCCN1C(=O)CCC(C(=O)O)C1/C=C/c1ccccc1OC. The largest absolute Gasteiger partial charge is 0.496 e. The quantitative estimate of drug-likeness (QED) is 0.826. The normalized spacial score (nSPS) is 21.2. The van der Waals surface area contributed by atoms with E-state index in [1.54, 1.807) is 25.2 Å². The zero-order chi connectivity index (χ0) is 17.5. The molecule has 1 heterocycles. The Hall–Kier alpha value is -2.34. The summed E-state index contributed by atoms with van der Waals surface area (Å²) in [6.45, 7) is 0.747. The minimum atomic E-state index is -0.889. The number of amides is 1. The van der Waals surface area contributed by atoms with Crippen molar-refractivity contribution in [2.45, 2.75) is 18.9 Å². The number of carbonyl (C=O) groups excluding carboxylic acids is 1. The number of methoxy groups -OCH3 is 2. The summed E-state index contributed by atoms with van der Waals surface area (Å²) in [5, 5.41) is 9.51. The number of aliphatic carboxylic acids is 1. The summed E-state index contributed by atoms with van der Waals surface area (Å²) >= 11 is 0. The van der Waals surface area contributed by atoms with Gasteiger partial charge in [-0.25, -0.2) is 0 Å². The average Bonchev–Trinajstić information content (AvgIpc) is 2.59. The lowest BCUT2D eigenvalue weighted by Gasteiger charge is -2.37. The molecule has 1 aliphatic rings. The molecule has 0 radical (unpaired) electrons. The molecule has 2 unspecified atom stereocenters. The third-order valence-corrected chi connectivity index (χ3v) is 4.23. The lowest BCUT2D eigenvalue weighted by atomic mass is 9.88. The van der Waals surface area contributed by atoms with Crippen LogP contribution in [-0.2, 0) is 14.3 Å². The first-order valence-corrected chi connectivity index (χ1v) is 7.91. The van der Waals surface area contributed by atoms with Crippen molar-refractivity contribution in [3.63, 3.8) is 0 Å². The van der Waals surface area contributed by atoms with Gasteiger partial charge in [-0.1, -0.05) is 30.4 Å². The number of carbonyl (C=O) groups is 2. The van der Waals surface area contributed by atoms with Crippen LogP contribution in [0.3, 0.4) is 0 Å². The maximum Gasteiger partial charge on any atom is 0.308 e. The first kappa shape index (κ1) is 18.0. The Balaban J connectivity index is 2.29. The van der Waals surface area contributed by atoms with Gasteiger partial charge in [-0.3, -0.25) is 9.59 Å². The maximum atomic E-state index is 12.2. The smallest absolute Gasteiger partial charge is 0.308 e. The highest BCUT2D eigenvalue weighted by Gasteiger charge is 2.38. The predicted octanol–water partition coefficient (Wildman–Crippen LogP) is 2.05. The van der Waals surface area contributed by atoms with Crippen molar-refractivity contribution in [1.82, 2.24) is 4.90 Å². The van der Waals surface area contributed by atoms with Gasteiger partial charge in [0.05, 0.1) is 25.7 Å². The third kappa shape index (κ3) is 4.14. The number of piperidine rings is 1. The van der Waals surface area contributed by atoms with E-state index in [0.29, 0.717) is 25.3 Å². The number of carboxylic acid groups (broad SMARTS) is 1. The summed E-state index contributed by atoms with van der Waals surface area (Å²) in [4.78, 5) is 25.4. The number of para-hydroxylation sites is 1. The van der Waals surface area contributed by atoms with Crippen molar-refractivity contribution in [2.24, 2.45) is 5.92 Å². The molecule has 1 saturated heterocycles. The van der Waals surface area contributed by atoms with Gasteiger partial charge >= 0.3 is 5.97 Å². The summed E-state index contributed by atoms with van der Waals surface area (Å²) in [6, 6.07) is 6.97. The van der Waals surface area contributed by atoms with Gasteiger partial charge in [0.15, 0.2) is 0 Å². The number of rotatable bonds is 7. The number of carboxylic acids is 1. The number of ether oxygens (including phenoxy) is 2. The molecule has 6 heteroatoms. The maximum absolute atomic E-state index is 12.2. The molecule has 2 rings (SSSR count). The summed E-state index contributed by atoms with van der Waals surface area (Å²) < 4.78 is 10.4. The van der Waals surface area contributed by atoms with E-state index in [9.17, 15) is 14.7 Å². The molecule has 0 aromatic heterocycles. The molecule has 0 saturated carbocycles. The zero-order valence-corrected chi connectivity index (χ0v) is 14.0. The molecular weight excluding hydrogens is 310 g/mol. The van der Waals surface area contributed by atoms with Crippen LogP contribution in [0.1, 0.15) is 18.4 Å². The van der Waals surface area contributed by atoms with Crippen LogP contribution >= 0.6 is 0 Å². The van der Waals surface area contributed by atoms with Gasteiger partial charge in [-0.2, -0.15) is 0 Å². The van der Waals surface area contributed by atoms with E-state index in [4.69, 9.17) is 9.47 Å². The molecule has 1 aliphatic heterocycles. The minimum Gasteiger partial charge on any atom is -0.496 e. The van der Waals surface area contributed by atoms with Crippen LogP contribution in [0.15, 0.2) is 30.3 Å². The number of hydrogen-bond donors (Lipinski definition) is 1. The van der Waals surface area contributed by atoms with Crippen LogP contribution in [0.4, 0.5) is 0 Å². The Bertz CT molecular complexity index is 613. The van der Waals surface area contributed by atoms with E-state index < -0.39 is 17.9 Å². The lowest BCUT2D eigenvalue weighted by molar-refractivity contribution is -0.150. The molecule has 1 amide bonds. The van der Waals surface area contributed by atoms with Crippen LogP contribution in [0.2, 0.25) is 0 Å². The van der Waals surface area contributed by atoms with E-state index in [1.807, 2.05) is 30.3 Å². The Kier molecular flexibility index (Phi) is 6.37. The molecule has 2 atom stereocenters. The van der Waals surface area contributed by atoms with Crippen LogP contribution in [0, 0.1) is 5.92 Å². The zero-order valence-electron chi connectivity index (χ0n) is 14.0. The van der Waals surface area contributed by atoms with Crippen molar-refractivity contribution < 1.29 is 24.2 Å². The van der Waals surface area contributed by atoms with Gasteiger partial charge in [0.25, 0.3) is 0 Å². The number of likely N-dealkylation sites (tertiary alicyclic amines) is 1. The topological polar surface area (TPSA) is 76.1 Å². The highest BCUT2D eigenvalue weighted by molar-refractivity contribution is 5.82. The van der Waals surface area contributed by atoms with Crippen molar-refractivity contribution >= 4 is 18.0 Å². The Morgan fingerprint density at radius 1 is 1.38 bits per heavy atom. The van der Waals surface area contributed by atoms with Gasteiger partial charge < -0.3 is 19.5 Å². The monoisotopic (exact) mass is 333 g/mol. The molecule has 0 spiro atoms. The van der Waals surface area contributed by atoms with Gasteiger partial charge in [-0.15, -0.1) is 0 Å². The van der Waals surface area contributed by atoms with Gasteiger partial charge in [0.1, 0.15) is 5.75 Å². The van der Waals surface area contributed by atoms with E-state index in [0.717, 1.165) is 5.56 Å². The molecular formula is C18H23NO5. The fourth-order valence-electron chi connectivity index (χ4n) is 2.95. The second kappa shape index (κ2) is 8.49. The first-order chi connectivity index (χ1) is 11.6. The van der Waals surface area contributed by atoms with E-state index in [2.05, 4.69) is 0 Å². The Morgan fingerprint density at radius 2 is 2.12 bits per heavy atom. The molecule has 1 N–H and O–H groups in total. The molecule has 0 aliphatic carbocycles. The second-order valence-corrected chi connectivity index (χ2v) is 5.65. The first-order valence-electron chi connectivity index (χ1n) is 7.91. The highest BCUT2D eigenvalue weighted by Crippen LogP contribution is 2.27. The fourth-order valence-corrected chi connectivity index (χ4v) is 2.95. The van der Waals surface area contributed by atoms with E-state index >= 15 is 0 Å². The number of benzene rings is 1. The summed E-state index contributed by atoms with van der Waals surface area (Å²) in [5.41, 5.74) is 0.842. The molecule has 1 aromatic rings. The lowest BCUT2D eigenvalue weighted by Crippen LogP contribution is -2.51. The summed E-state index contributed by atoms with van der Waals surface area (Å²) in [5.74, 6) is -0.851. The molecule has 1 aromatic carbocycles. The van der Waals surface area contributed by atoms with Crippen molar-refractivity contribution in [3.05, 3.63) is 35.9 Å². The average molecular weight is 333 g/mol. The third-order valence-electron chi connectivity index (χ3n) is 4.23. The second-order valence-electron chi connectivity index (χ2n) is 5.65. The summed E-state index contributed by atoms with van der Waals surface area (Å²) in [7, 11) is 3.14. The van der Waals surface area contributed by atoms with Gasteiger partial charge in [-0.05, 0) is 12.5 Å². The van der Waals surface area contributed by atoms with E-state index in [-0.39, 0.29) is 12.3 Å². The molecule has 1 fully saturated rings. The Labute approximate surface area is 141 Å². The standard InChI is InChI=1S/C18H23NO5/c1-23-12-11-19-15(14(18(21)22)8-10-17(19)20)9-7-13-5-3-4-6-16(13)24-2/h3-7,9,14-15H,8,10-12H2,1-2H3,(H,21,22)/b9-7+. The van der Waals surface area contributed by atoms with Gasteiger partial charge in [0, 0.05) is 25.6 Å². The Morgan fingerprint density at radius 3 is 2.79 bits per heavy atom. The molecule has 24 heavy (non-hydrogen) atoms. The predicted molar refractivity (Wildman–Crippen MR) is 89.8 cm³/mol. The fraction of sp³-hybridized carbons (Fsp3) is 0.444. The van der Waals surface area contributed by atoms with Crippen molar-refractivity contribution in [2.75, 3.05) is 27.4 Å². The molecule has 6 nitrogen and oxygen atoms in total. The molecule has 130 valence electrons. The van der Waals surface area contributed by atoms with Crippen molar-refractivity contribution in [3.8, 4) is 5.75 Å². The highest BCUT2D eigenvalue weighted by atomic mass is 16.5. The minimum absolute atomic E-state index is 0.0424. The summed E-state index contributed by atoms with van der Waals surface area (Å²) in [6.07, 6.45) is 4.19. The van der Waals surface area contributed by atoms with Crippen LogP contribution in [-0.4, -0.2) is 55.3 Å². The van der Waals surface area contributed by atoms with Crippen LogP contribution in [0.5, 0.6) is 5.75 Å². The van der Waals surface area contributed by atoms with Crippen molar-refractivity contribution in [1.29, 1.82) is 0 Å². The van der Waals surface area contributed by atoms with Crippen LogP contribution < -0.4 is 4.74 Å². The van der Waals surface area contributed by atoms with Gasteiger partial charge in [0.2, 0.25) is 5.91 Å². The van der Waals surface area contributed by atoms with E-state index in [1.165, 1.54) is 0 Å². The number of nitrogens with zero attached hydrogens (tertiary/aromatic N) is 1. The number of hydrogen-bond acceptors (Lipinski definition) is 4.